The Labute approximate surface area is 182 Å². The number of carbonyl (C=O) groups excluding carboxylic acids is 2. The van der Waals surface area contributed by atoms with Gasteiger partial charge in [0, 0.05) is 11.3 Å². The minimum Gasteiger partial charge on any atom is -0.393 e. The van der Waals surface area contributed by atoms with Crippen LogP contribution >= 0.6 is 11.3 Å². The first-order chi connectivity index (χ1) is 14.2. The summed E-state index contributed by atoms with van der Waals surface area (Å²) in [5.74, 6) is -0.655. The van der Waals surface area contributed by atoms with Gasteiger partial charge in [0.1, 0.15) is 0 Å². The van der Waals surface area contributed by atoms with Gasteiger partial charge in [-0.05, 0) is 37.8 Å². The van der Waals surface area contributed by atoms with Crippen LogP contribution in [0.5, 0.6) is 0 Å². The summed E-state index contributed by atoms with van der Waals surface area (Å²) in [4.78, 5) is 24.6. The van der Waals surface area contributed by atoms with Crippen molar-refractivity contribution < 1.29 is 27.9 Å². The lowest BCUT2D eigenvalue weighted by Gasteiger charge is -2.21. The highest BCUT2D eigenvalue weighted by Crippen LogP contribution is 2.31. The molecule has 1 fully saturated rings. The zero-order valence-corrected chi connectivity index (χ0v) is 19.2. The highest BCUT2D eigenvalue weighted by molar-refractivity contribution is 7.89. The third-order valence-electron chi connectivity index (χ3n) is 4.93. The van der Waals surface area contributed by atoms with Gasteiger partial charge in [-0.1, -0.05) is 26.2 Å². The minimum absolute atomic E-state index is 0.0161. The van der Waals surface area contributed by atoms with Crippen LogP contribution in [0.15, 0.2) is 12.1 Å². The molecular weight excluding hydrogens is 428 g/mol. The van der Waals surface area contributed by atoms with Gasteiger partial charge in [-0.15, -0.1) is 11.3 Å². The molecule has 2 rings (SSSR count). The van der Waals surface area contributed by atoms with Crippen molar-refractivity contribution in [3.05, 3.63) is 21.9 Å². The van der Waals surface area contributed by atoms with Crippen LogP contribution in [0, 0.1) is 0 Å². The molecule has 1 aromatic heterocycles. The summed E-state index contributed by atoms with van der Waals surface area (Å²) in [6, 6.07) is 3.29. The number of nitrogens with one attached hydrogen (secondary N) is 2. The van der Waals surface area contributed by atoms with E-state index in [0.29, 0.717) is 25.9 Å². The Hall–Kier alpha value is -1.49. The van der Waals surface area contributed by atoms with Crippen LogP contribution in [0.25, 0.3) is 0 Å². The molecule has 8 nitrogen and oxygen atoms in total. The van der Waals surface area contributed by atoms with E-state index in [9.17, 15) is 23.1 Å². The number of ether oxygens (including phenoxy) is 1. The molecule has 30 heavy (non-hydrogen) atoms. The van der Waals surface area contributed by atoms with Gasteiger partial charge in [0.05, 0.1) is 36.0 Å². The Balaban J connectivity index is 2.00. The molecule has 0 bridgehead atoms. The van der Waals surface area contributed by atoms with E-state index in [1.807, 2.05) is 4.72 Å². The van der Waals surface area contributed by atoms with Crippen molar-refractivity contribution in [1.29, 1.82) is 0 Å². The van der Waals surface area contributed by atoms with Crippen molar-refractivity contribution in [2.45, 2.75) is 76.5 Å². The fourth-order valence-corrected chi connectivity index (χ4v) is 4.83. The van der Waals surface area contributed by atoms with Gasteiger partial charge in [-0.3, -0.25) is 9.59 Å². The third-order valence-corrected chi connectivity index (χ3v) is 6.66. The number of thiophene rings is 1. The number of unbranched alkanes of at least 4 members (excludes halogenated alkanes) is 2. The van der Waals surface area contributed by atoms with Gasteiger partial charge in [-0.25, -0.2) is 13.1 Å². The van der Waals surface area contributed by atoms with Crippen molar-refractivity contribution >= 4 is 33.2 Å². The first kappa shape index (κ1) is 24.8. The van der Waals surface area contributed by atoms with E-state index in [4.69, 9.17) is 4.74 Å². The lowest BCUT2D eigenvalue weighted by atomic mass is 10.0. The van der Waals surface area contributed by atoms with E-state index in [-0.39, 0.29) is 22.9 Å². The Bertz CT molecular complexity index is 808. The van der Waals surface area contributed by atoms with Gasteiger partial charge in [0.15, 0.2) is 0 Å². The van der Waals surface area contributed by atoms with Gasteiger partial charge in [0.2, 0.25) is 15.9 Å². The van der Waals surface area contributed by atoms with Crippen LogP contribution in [0.3, 0.4) is 0 Å². The second-order valence-corrected chi connectivity index (χ2v) is 10.6. The SMILES string of the molecule is CCCCC[C@H](O)CCC(OC[C@H]1CCC(=O)N1)c1ccc(C(=O)NS(C)(=O)=O)s1. The average Bonchev–Trinajstić information content (AvgIpc) is 3.30. The van der Waals surface area contributed by atoms with Gasteiger partial charge in [-0.2, -0.15) is 0 Å². The second kappa shape index (κ2) is 11.8. The Morgan fingerprint density at radius 2 is 2.10 bits per heavy atom. The molecule has 0 aliphatic carbocycles. The van der Waals surface area contributed by atoms with Crippen molar-refractivity contribution in [3.8, 4) is 0 Å². The fourth-order valence-electron chi connectivity index (χ4n) is 3.33. The maximum absolute atomic E-state index is 12.1. The number of amides is 2. The molecule has 1 aromatic rings. The Morgan fingerprint density at radius 3 is 2.73 bits per heavy atom. The molecule has 10 heteroatoms. The number of sulfonamides is 1. The summed E-state index contributed by atoms with van der Waals surface area (Å²) in [5.41, 5.74) is 0. The Kier molecular flexibility index (Phi) is 9.73. The smallest absolute Gasteiger partial charge is 0.274 e. The van der Waals surface area contributed by atoms with Crippen molar-refractivity contribution in [2.24, 2.45) is 0 Å². The molecule has 0 radical (unpaired) electrons. The molecule has 3 atom stereocenters. The maximum Gasteiger partial charge on any atom is 0.274 e. The molecule has 1 unspecified atom stereocenters. The summed E-state index contributed by atoms with van der Waals surface area (Å²) >= 11 is 1.18. The van der Waals surface area contributed by atoms with Gasteiger partial charge < -0.3 is 15.2 Å². The summed E-state index contributed by atoms with van der Waals surface area (Å²) in [6.07, 6.45) is 6.42. The average molecular weight is 461 g/mol. The molecule has 1 saturated heterocycles. The molecule has 0 spiro atoms. The molecular formula is C20H32N2O6S2. The predicted octanol–water partition coefficient (Wildman–Crippen LogP) is 2.50. The number of carbonyl (C=O) groups is 2. The number of hydrogen-bond acceptors (Lipinski definition) is 7. The normalized spacial score (nSPS) is 18.8. The van der Waals surface area contributed by atoms with Crippen LogP contribution in [0.1, 0.15) is 78.9 Å². The van der Waals surface area contributed by atoms with Crippen LogP contribution < -0.4 is 10.0 Å². The first-order valence-corrected chi connectivity index (χ1v) is 13.1. The van der Waals surface area contributed by atoms with E-state index in [0.717, 1.165) is 43.2 Å². The first-order valence-electron chi connectivity index (χ1n) is 10.4. The minimum atomic E-state index is -3.64. The monoisotopic (exact) mass is 460 g/mol. The molecule has 1 aliphatic heterocycles. The van der Waals surface area contributed by atoms with E-state index < -0.39 is 22.0 Å². The summed E-state index contributed by atoms with van der Waals surface area (Å²) in [5, 5.41) is 13.1. The summed E-state index contributed by atoms with van der Waals surface area (Å²) in [7, 11) is -3.64. The molecule has 0 aromatic carbocycles. The largest absolute Gasteiger partial charge is 0.393 e. The zero-order chi connectivity index (χ0) is 22.1. The molecule has 1 aliphatic rings. The van der Waals surface area contributed by atoms with Crippen LogP contribution in [0.2, 0.25) is 0 Å². The summed E-state index contributed by atoms with van der Waals surface area (Å²) in [6.45, 7) is 2.47. The predicted molar refractivity (Wildman–Crippen MR) is 116 cm³/mol. The maximum atomic E-state index is 12.1. The van der Waals surface area contributed by atoms with Gasteiger partial charge in [0.25, 0.3) is 5.91 Å². The van der Waals surface area contributed by atoms with Crippen LogP contribution in [0.4, 0.5) is 0 Å². The lowest BCUT2D eigenvalue weighted by Crippen LogP contribution is -2.30. The third kappa shape index (κ3) is 8.71. The molecule has 2 amide bonds. The fraction of sp³-hybridized carbons (Fsp3) is 0.700. The number of aliphatic hydroxyl groups excluding tert-OH is 1. The summed E-state index contributed by atoms with van der Waals surface area (Å²) < 4.78 is 30.6. The number of hydrogen-bond donors (Lipinski definition) is 3. The highest BCUT2D eigenvalue weighted by Gasteiger charge is 2.24. The van der Waals surface area contributed by atoms with Crippen LogP contribution in [-0.2, 0) is 19.6 Å². The van der Waals surface area contributed by atoms with E-state index in [2.05, 4.69) is 12.2 Å². The van der Waals surface area contributed by atoms with Crippen LogP contribution in [-0.4, -0.2) is 50.3 Å². The number of rotatable bonds is 13. The topological polar surface area (TPSA) is 122 Å². The lowest BCUT2D eigenvalue weighted by molar-refractivity contribution is -0.119. The standard InChI is InChI=1S/C20H32N2O6S2/c1-3-4-5-6-15(23)8-9-16(28-13-14-7-12-19(24)21-14)17-10-11-18(29-17)20(25)22-30(2,26)27/h10-11,14-16,23H,3-9,12-13H2,1-2H3,(H,21,24)(H,22,25)/t14-,15+,16?/m1/s1. The van der Waals surface area contributed by atoms with E-state index in [1.165, 1.54) is 11.3 Å². The quantitative estimate of drug-likeness (QED) is 0.389. The second-order valence-electron chi connectivity index (χ2n) is 7.76. The van der Waals surface area contributed by atoms with E-state index in [1.54, 1.807) is 12.1 Å². The molecule has 2 heterocycles. The van der Waals surface area contributed by atoms with Gasteiger partial charge >= 0.3 is 0 Å². The van der Waals surface area contributed by atoms with Crippen molar-refractivity contribution in [3.63, 3.8) is 0 Å². The molecule has 3 N–H and O–H groups in total. The number of aliphatic hydroxyl groups is 1. The zero-order valence-electron chi connectivity index (χ0n) is 17.6. The molecule has 170 valence electrons. The van der Waals surface area contributed by atoms with Crippen molar-refractivity contribution in [1.82, 2.24) is 10.0 Å². The Morgan fingerprint density at radius 1 is 1.33 bits per heavy atom. The molecule has 0 saturated carbocycles. The van der Waals surface area contributed by atoms with E-state index >= 15 is 0 Å². The highest BCUT2D eigenvalue weighted by atomic mass is 32.2. The van der Waals surface area contributed by atoms with Crippen molar-refractivity contribution in [2.75, 3.05) is 12.9 Å².